The highest BCUT2D eigenvalue weighted by molar-refractivity contribution is 5.91. The molecule has 2 aromatic carbocycles. The van der Waals surface area contributed by atoms with Crippen LogP contribution in [0.3, 0.4) is 0 Å². The van der Waals surface area contributed by atoms with Crippen LogP contribution in [0.2, 0.25) is 0 Å². The monoisotopic (exact) mass is 343 g/mol. The van der Waals surface area contributed by atoms with E-state index in [1.807, 2.05) is 12.1 Å². The fourth-order valence-corrected chi connectivity index (χ4v) is 2.41. The molecule has 0 amide bonds. The molecule has 0 saturated heterocycles. The number of hydrogen-bond donors (Lipinski definition) is 1. The third-order valence-electron chi connectivity index (χ3n) is 3.83. The predicted molar refractivity (Wildman–Crippen MR) is 99.6 cm³/mol. The molecule has 0 unspecified atom stereocenters. The van der Waals surface area contributed by atoms with E-state index in [9.17, 15) is 9.18 Å². The van der Waals surface area contributed by atoms with Crippen molar-refractivity contribution in [2.24, 2.45) is 5.41 Å². The Morgan fingerprint density at radius 2 is 1.64 bits per heavy atom. The molecule has 2 aromatic rings. The third-order valence-corrected chi connectivity index (χ3v) is 3.83. The number of rotatable bonds is 7. The summed E-state index contributed by atoms with van der Waals surface area (Å²) >= 11 is 0. The van der Waals surface area contributed by atoms with Crippen LogP contribution in [-0.4, -0.2) is 12.5 Å². The fraction of sp³-hybridized carbons (Fsp3) is 0.381. The summed E-state index contributed by atoms with van der Waals surface area (Å²) in [5, 5.41) is 3.36. The highest BCUT2D eigenvalue weighted by atomic mass is 19.1. The second kappa shape index (κ2) is 8.65. The van der Waals surface area contributed by atoms with Gasteiger partial charge in [0.05, 0.1) is 5.56 Å². The number of carbonyl (C=O) groups is 1. The Kier molecular flexibility index (Phi) is 6.57. The van der Waals surface area contributed by atoms with Crippen molar-refractivity contribution in [3.05, 3.63) is 59.9 Å². The molecule has 0 aromatic heterocycles. The first kappa shape index (κ1) is 19.0. The topological polar surface area (TPSA) is 38.3 Å². The van der Waals surface area contributed by atoms with Crippen molar-refractivity contribution in [2.75, 3.05) is 11.9 Å². The van der Waals surface area contributed by atoms with Crippen molar-refractivity contribution in [1.82, 2.24) is 0 Å². The van der Waals surface area contributed by atoms with Gasteiger partial charge in [0.2, 0.25) is 0 Å². The van der Waals surface area contributed by atoms with Crippen molar-refractivity contribution in [1.29, 1.82) is 0 Å². The lowest BCUT2D eigenvalue weighted by atomic mass is 9.90. The van der Waals surface area contributed by atoms with Gasteiger partial charge in [-0.25, -0.2) is 9.18 Å². The van der Waals surface area contributed by atoms with Gasteiger partial charge in [-0.15, -0.1) is 0 Å². The van der Waals surface area contributed by atoms with Crippen LogP contribution in [0.25, 0.3) is 0 Å². The summed E-state index contributed by atoms with van der Waals surface area (Å²) in [5.41, 5.74) is 1.82. The minimum Gasteiger partial charge on any atom is -0.423 e. The second-order valence-electron chi connectivity index (χ2n) is 7.37. The summed E-state index contributed by atoms with van der Waals surface area (Å²) in [7, 11) is 0. The van der Waals surface area contributed by atoms with E-state index in [0.29, 0.717) is 16.7 Å². The molecule has 0 aliphatic carbocycles. The first-order valence-electron chi connectivity index (χ1n) is 8.65. The van der Waals surface area contributed by atoms with Gasteiger partial charge >= 0.3 is 5.97 Å². The van der Waals surface area contributed by atoms with E-state index >= 15 is 0 Å². The number of unbranched alkanes of at least 4 members (excludes halogenated alkanes) is 1. The largest absolute Gasteiger partial charge is 0.423 e. The van der Waals surface area contributed by atoms with Gasteiger partial charge in [0, 0.05) is 12.2 Å². The summed E-state index contributed by atoms with van der Waals surface area (Å²) in [6.45, 7) is 7.67. The summed E-state index contributed by atoms with van der Waals surface area (Å²) in [5.74, 6) is -0.492. The molecule has 25 heavy (non-hydrogen) atoms. The molecule has 134 valence electrons. The third kappa shape index (κ3) is 6.96. The van der Waals surface area contributed by atoms with E-state index in [-0.39, 0.29) is 5.82 Å². The maximum atomic E-state index is 12.9. The summed E-state index contributed by atoms with van der Waals surface area (Å²) < 4.78 is 18.1. The Hall–Kier alpha value is -2.36. The quantitative estimate of drug-likeness (QED) is 0.400. The standard InChI is InChI=1S/C21H26FNO2/c1-21(2,3)14-4-5-15-23-18-10-6-16(7-11-18)20(24)25-19-12-8-17(22)9-13-19/h6-13,23H,4-5,14-15H2,1-3H3. The molecule has 1 N–H and O–H groups in total. The molecule has 4 heteroatoms. The Balaban J connectivity index is 1.79. The van der Waals surface area contributed by atoms with E-state index in [2.05, 4.69) is 26.1 Å². The molecule has 0 heterocycles. The average molecular weight is 343 g/mol. The van der Waals surface area contributed by atoms with E-state index in [1.165, 1.54) is 37.1 Å². The average Bonchev–Trinajstić information content (AvgIpc) is 2.56. The Bertz CT molecular complexity index is 673. The molecule has 0 saturated carbocycles. The molecule has 0 spiro atoms. The minimum atomic E-state index is -0.455. The maximum Gasteiger partial charge on any atom is 0.343 e. The Labute approximate surface area is 149 Å². The SMILES string of the molecule is CC(C)(C)CCCCNc1ccc(C(=O)Oc2ccc(F)cc2)cc1. The van der Waals surface area contributed by atoms with Crippen LogP contribution in [0.15, 0.2) is 48.5 Å². The molecule has 0 aliphatic heterocycles. The lowest BCUT2D eigenvalue weighted by Gasteiger charge is -2.17. The first-order chi connectivity index (χ1) is 11.8. The number of nitrogens with one attached hydrogen (secondary N) is 1. The molecule has 0 radical (unpaired) electrons. The number of carbonyl (C=O) groups excluding carboxylic acids is 1. The van der Waals surface area contributed by atoms with Gasteiger partial charge in [-0.05, 0) is 66.8 Å². The van der Waals surface area contributed by atoms with E-state index in [0.717, 1.165) is 18.7 Å². The fourth-order valence-electron chi connectivity index (χ4n) is 2.41. The molecule has 0 atom stereocenters. The molecule has 0 bridgehead atoms. The van der Waals surface area contributed by atoms with Gasteiger partial charge in [-0.1, -0.05) is 27.2 Å². The molecule has 0 aliphatic rings. The van der Waals surface area contributed by atoms with Crippen LogP contribution in [0.4, 0.5) is 10.1 Å². The van der Waals surface area contributed by atoms with Crippen LogP contribution >= 0.6 is 0 Å². The second-order valence-corrected chi connectivity index (χ2v) is 7.37. The number of hydrogen-bond acceptors (Lipinski definition) is 3. The van der Waals surface area contributed by atoms with Gasteiger partial charge in [0.1, 0.15) is 11.6 Å². The van der Waals surface area contributed by atoms with Gasteiger partial charge in [0.25, 0.3) is 0 Å². The molecular weight excluding hydrogens is 317 g/mol. The van der Waals surface area contributed by atoms with Crippen molar-refractivity contribution in [3.63, 3.8) is 0 Å². The number of anilines is 1. The highest BCUT2D eigenvalue weighted by Gasteiger charge is 2.10. The molecule has 3 nitrogen and oxygen atoms in total. The Morgan fingerprint density at radius 3 is 2.24 bits per heavy atom. The van der Waals surface area contributed by atoms with Crippen molar-refractivity contribution in [2.45, 2.75) is 40.0 Å². The molecule has 2 rings (SSSR count). The summed E-state index contributed by atoms with van der Waals surface area (Å²) in [6.07, 6.45) is 3.52. The smallest absolute Gasteiger partial charge is 0.343 e. The van der Waals surface area contributed by atoms with Gasteiger partial charge < -0.3 is 10.1 Å². The number of esters is 1. The zero-order valence-corrected chi connectivity index (χ0v) is 15.1. The van der Waals surface area contributed by atoms with Crippen molar-refractivity contribution in [3.8, 4) is 5.75 Å². The number of ether oxygens (including phenoxy) is 1. The van der Waals surface area contributed by atoms with Gasteiger partial charge in [-0.2, -0.15) is 0 Å². The van der Waals surface area contributed by atoms with Crippen molar-refractivity contribution >= 4 is 11.7 Å². The van der Waals surface area contributed by atoms with Gasteiger partial charge in [0.15, 0.2) is 0 Å². The van der Waals surface area contributed by atoms with Crippen LogP contribution in [0, 0.1) is 11.2 Å². The van der Waals surface area contributed by atoms with Crippen LogP contribution < -0.4 is 10.1 Å². The Morgan fingerprint density at radius 1 is 1.00 bits per heavy atom. The van der Waals surface area contributed by atoms with Gasteiger partial charge in [-0.3, -0.25) is 0 Å². The molecule has 0 fully saturated rings. The normalized spacial score (nSPS) is 11.2. The zero-order valence-electron chi connectivity index (χ0n) is 15.1. The lowest BCUT2D eigenvalue weighted by molar-refractivity contribution is 0.0734. The number of halogens is 1. The van der Waals surface area contributed by atoms with Crippen molar-refractivity contribution < 1.29 is 13.9 Å². The minimum absolute atomic E-state index is 0.326. The lowest BCUT2D eigenvalue weighted by Crippen LogP contribution is -2.09. The predicted octanol–water partition coefficient (Wildman–Crippen LogP) is 5.67. The summed E-state index contributed by atoms with van der Waals surface area (Å²) in [6, 6.07) is 12.6. The van der Waals surface area contributed by atoms with Crippen LogP contribution in [0.5, 0.6) is 5.75 Å². The zero-order chi connectivity index (χ0) is 18.3. The maximum absolute atomic E-state index is 12.9. The first-order valence-corrected chi connectivity index (χ1v) is 8.65. The molecular formula is C21H26FNO2. The number of benzene rings is 2. The van der Waals surface area contributed by atoms with E-state index in [1.54, 1.807) is 12.1 Å². The highest BCUT2D eigenvalue weighted by Crippen LogP contribution is 2.21. The summed E-state index contributed by atoms with van der Waals surface area (Å²) in [4.78, 5) is 12.1. The van der Waals surface area contributed by atoms with E-state index in [4.69, 9.17) is 4.74 Å². The van der Waals surface area contributed by atoms with Crippen LogP contribution in [-0.2, 0) is 0 Å². The van der Waals surface area contributed by atoms with Crippen LogP contribution in [0.1, 0.15) is 50.4 Å². The van der Waals surface area contributed by atoms with E-state index < -0.39 is 5.97 Å².